The predicted molar refractivity (Wildman–Crippen MR) is 76.2 cm³/mol. The molecule has 1 aliphatic rings. The molecule has 5 nitrogen and oxygen atoms in total. The molecular weight excluding hydrogens is 280 g/mol. The summed E-state index contributed by atoms with van der Waals surface area (Å²) in [5, 5.41) is 11.1. The highest BCUT2D eigenvalue weighted by Crippen LogP contribution is 2.37. The lowest BCUT2D eigenvalue weighted by atomic mass is 9.83. The summed E-state index contributed by atoms with van der Waals surface area (Å²) >= 11 is 0. The summed E-state index contributed by atoms with van der Waals surface area (Å²) in [6.45, 7) is 0.430. The minimum absolute atomic E-state index is 0.112. The fraction of sp³-hybridized carbons (Fsp3) is 0.571. The molecule has 0 heterocycles. The van der Waals surface area contributed by atoms with Gasteiger partial charge in [0.2, 0.25) is 0 Å². The summed E-state index contributed by atoms with van der Waals surface area (Å²) < 4.78 is 27.6. The minimum Gasteiger partial charge on any atom is -0.363 e. The average Bonchev–Trinajstić information content (AvgIpc) is 2.48. The van der Waals surface area contributed by atoms with Crippen LogP contribution in [0, 0.1) is 27.7 Å². The molecule has 1 saturated carbocycles. The Hall–Kier alpha value is -1.76. The summed E-state index contributed by atoms with van der Waals surface area (Å²) in [6.07, 6.45) is 3.66. The zero-order valence-corrected chi connectivity index (χ0v) is 11.9. The number of nitro groups is 1. The lowest BCUT2D eigenvalue weighted by molar-refractivity contribution is -0.384. The van der Waals surface area contributed by atoms with Crippen molar-refractivity contribution in [2.45, 2.75) is 31.7 Å². The zero-order valence-electron chi connectivity index (χ0n) is 11.9. The molecule has 2 N–H and O–H groups in total. The molecule has 2 rings (SSSR count). The molecule has 0 aromatic heterocycles. The van der Waals surface area contributed by atoms with E-state index in [-0.39, 0.29) is 17.6 Å². The van der Waals surface area contributed by atoms with Crippen molar-refractivity contribution in [2.24, 2.45) is 11.7 Å². The molecule has 1 aromatic rings. The smallest absolute Gasteiger partial charge is 0.295 e. The van der Waals surface area contributed by atoms with Crippen LogP contribution in [0.2, 0.25) is 0 Å². The number of rotatable bonds is 4. The van der Waals surface area contributed by atoms with Crippen molar-refractivity contribution in [3.05, 3.63) is 33.9 Å². The molecule has 0 radical (unpaired) electrons. The summed E-state index contributed by atoms with van der Waals surface area (Å²) in [5.74, 6) is -2.12. The Morgan fingerprint density at radius 1 is 1.38 bits per heavy atom. The molecule has 1 fully saturated rings. The highest BCUT2D eigenvalue weighted by Gasteiger charge is 2.33. The van der Waals surface area contributed by atoms with E-state index in [2.05, 4.69) is 0 Å². The van der Waals surface area contributed by atoms with E-state index in [0.717, 1.165) is 37.8 Å². The predicted octanol–water partition coefficient (Wildman–Crippen LogP) is 2.83. The third-order valence-corrected chi connectivity index (χ3v) is 4.27. The number of hydrogen-bond donors (Lipinski definition) is 1. The standard InChI is InChI=1S/C14H19F2N3O2/c1-18(11-5-3-2-4-9(11)8-17)14-12(19(20)21)7-6-10(15)13(14)16/h6-7,9,11H,2-5,8,17H2,1H3. The average molecular weight is 299 g/mol. The SMILES string of the molecule is CN(c1c([N+](=O)[O-])ccc(F)c1F)C1CCCCC1CN. The van der Waals surface area contributed by atoms with Gasteiger partial charge in [0.05, 0.1) is 4.92 Å². The summed E-state index contributed by atoms with van der Waals surface area (Å²) in [7, 11) is 1.57. The van der Waals surface area contributed by atoms with Crippen LogP contribution in [0.3, 0.4) is 0 Å². The van der Waals surface area contributed by atoms with Crippen LogP contribution in [0.1, 0.15) is 25.7 Å². The van der Waals surface area contributed by atoms with Gasteiger partial charge in [-0.1, -0.05) is 12.8 Å². The van der Waals surface area contributed by atoms with Gasteiger partial charge in [0.1, 0.15) is 0 Å². The second-order valence-electron chi connectivity index (χ2n) is 5.44. The molecule has 1 aromatic carbocycles. The molecule has 1 aliphatic carbocycles. The van der Waals surface area contributed by atoms with Crippen molar-refractivity contribution in [3.63, 3.8) is 0 Å². The molecule has 7 heteroatoms. The second kappa shape index (κ2) is 6.34. The lowest BCUT2D eigenvalue weighted by Gasteiger charge is -2.38. The van der Waals surface area contributed by atoms with Gasteiger partial charge < -0.3 is 10.6 Å². The summed E-state index contributed by atoms with van der Waals surface area (Å²) in [4.78, 5) is 11.9. The minimum atomic E-state index is -1.17. The third kappa shape index (κ3) is 2.97. The number of benzene rings is 1. The van der Waals surface area contributed by atoms with Crippen molar-refractivity contribution in [2.75, 3.05) is 18.5 Å². The zero-order chi connectivity index (χ0) is 15.6. The Bertz CT molecular complexity index is 539. The fourth-order valence-electron chi connectivity index (χ4n) is 3.15. The summed E-state index contributed by atoms with van der Waals surface area (Å²) in [5.41, 5.74) is 5.04. The first kappa shape index (κ1) is 15.6. The molecule has 2 atom stereocenters. The van der Waals surface area contributed by atoms with E-state index in [0.29, 0.717) is 6.54 Å². The van der Waals surface area contributed by atoms with Crippen LogP contribution in [0.5, 0.6) is 0 Å². The Balaban J connectivity index is 2.44. The van der Waals surface area contributed by atoms with Crippen LogP contribution >= 0.6 is 0 Å². The third-order valence-electron chi connectivity index (χ3n) is 4.27. The molecule has 0 saturated heterocycles. The Kier molecular flexibility index (Phi) is 4.72. The van der Waals surface area contributed by atoms with Crippen LogP contribution in [0.25, 0.3) is 0 Å². The van der Waals surface area contributed by atoms with E-state index in [1.165, 1.54) is 4.90 Å². The van der Waals surface area contributed by atoms with Crippen molar-refractivity contribution < 1.29 is 13.7 Å². The highest BCUT2D eigenvalue weighted by atomic mass is 19.2. The first-order chi connectivity index (χ1) is 9.97. The topological polar surface area (TPSA) is 72.4 Å². The molecule has 116 valence electrons. The quantitative estimate of drug-likeness (QED) is 0.685. The number of halogens is 2. The van der Waals surface area contributed by atoms with E-state index >= 15 is 0 Å². The van der Waals surface area contributed by atoms with Gasteiger partial charge in [0, 0.05) is 19.2 Å². The second-order valence-corrected chi connectivity index (χ2v) is 5.44. The van der Waals surface area contributed by atoms with Crippen LogP contribution in [0.15, 0.2) is 12.1 Å². The Labute approximate surface area is 121 Å². The van der Waals surface area contributed by atoms with E-state index in [9.17, 15) is 18.9 Å². The van der Waals surface area contributed by atoms with E-state index in [1.54, 1.807) is 7.05 Å². The maximum absolute atomic E-state index is 14.1. The van der Waals surface area contributed by atoms with E-state index in [4.69, 9.17) is 5.73 Å². The molecular formula is C14H19F2N3O2. The maximum atomic E-state index is 14.1. The number of nitrogens with zero attached hydrogens (tertiary/aromatic N) is 2. The highest BCUT2D eigenvalue weighted by molar-refractivity contribution is 5.64. The van der Waals surface area contributed by atoms with Gasteiger partial charge in [-0.3, -0.25) is 10.1 Å². The van der Waals surface area contributed by atoms with Gasteiger partial charge >= 0.3 is 0 Å². The van der Waals surface area contributed by atoms with Gasteiger partial charge in [0.15, 0.2) is 17.3 Å². The number of anilines is 1. The molecule has 2 unspecified atom stereocenters. The normalized spacial score (nSPS) is 22.1. The van der Waals surface area contributed by atoms with Crippen molar-refractivity contribution in [1.82, 2.24) is 0 Å². The fourth-order valence-corrected chi connectivity index (χ4v) is 3.15. The number of hydrogen-bond acceptors (Lipinski definition) is 4. The van der Waals surface area contributed by atoms with Gasteiger partial charge in [-0.25, -0.2) is 8.78 Å². The first-order valence-electron chi connectivity index (χ1n) is 7.02. The molecule has 0 aliphatic heterocycles. The van der Waals surface area contributed by atoms with Gasteiger partial charge in [0.25, 0.3) is 5.69 Å². The van der Waals surface area contributed by atoms with Gasteiger partial charge in [-0.15, -0.1) is 0 Å². The van der Waals surface area contributed by atoms with Crippen LogP contribution in [-0.2, 0) is 0 Å². The first-order valence-corrected chi connectivity index (χ1v) is 7.02. The van der Waals surface area contributed by atoms with Crippen LogP contribution in [0.4, 0.5) is 20.2 Å². The van der Waals surface area contributed by atoms with Crippen LogP contribution in [-0.4, -0.2) is 24.6 Å². The van der Waals surface area contributed by atoms with Gasteiger partial charge in [-0.05, 0) is 31.4 Å². The largest absolute Gasteiger partial charge is 0.363 e. The summed E-state index contributed by atoms with van der Waals surface area (Å²) in [6, 6.07) is 1.68. The van der Waals surface area contributed by atoms with Gasteiger partial charge in [-0.2, -0.15) is 0 Å². The molecule has 21 heavy (non-hydrogen) atoms. The van der Waals surface area contributed by atoms with Crippen LogP contribution < -0.4 is 10.6 Å². The Morgan fingerprint density at radius 3 is 2.67 bits per heavy atom. The molecule has 0 spiro atoms. The number of nitrogens with two attached hydrogens (primary N) is 1. The molecule has 0 amide bonds. The number of nitro benzene ring substituents is 1. The van der Waals surface area contributed by atoms with E-state index < -0.39 is 22.2 Å². The van der Waals surface area contributed by atoms with E-state index in [1.807, 2.05) is 0 Å². The monoisotopic (exact) mass is 299 g/mol. The van der Waals surface area contributed by atoms with Crippen molar-refractivity contribution in [3.8, 4) is 0 Å². The van der Waals surface area contributed by atoms with Crippen molar-refractivity contribution in [1.29, 1.82) is 0 Å². The lowest BCUT2D eigenvalue weighted by Crippen LogP contribution is -2.43. The Morgan fingerprint density at radius 2 is 2.05 bits per heavy atom. The maximum Gasteiger partial charge on any atom is 0.295 e. The molecule has 0 bridgehead atoms. The van der Waals surface area contributed by atoms with Crippen molar-refractivity contribution >= 4 is 11.4 Å².